The molecule has 0 radical (unpaired) electrons. The molecular weight excluding hydrogens is 349 g/mol. The minimum Gasteiger partial charge on any atom is -0.425 e. The summed E-state index contributed by atoms with van der Waals surface area (Å²) in [4.78, 5) is 24.1. The van der Waals surface area contributed by atoms with Crippen LogP contribution in [-0.2, 0) is 16.0 Å². The van der Waals surface area contributed by atoms with Gasteiger partial charge in [-0.15, -0.1) is 0 Å². The van der Waals surface area contributed by atoms with E-state index in [0.717, 1.165) is 11.3 Å². The molecule has 4 nitrogen and oxygen atoms in total. The first-order chi connectivity index (χ1) is 11.5. The van der Waals surface area contributed by atoms with Crippen LogP contribution in [-0.4, -0.2) is 11.9 Å². The van der Waals surface area contributed by atoms with Gasteiger partial charge in [0.2, 0.25) is 5.91 Å². The zero-order valence-electron chi connectivity index (χ0n) is 12.7. The number of hydrogen-bond acceptors (Lipinski definition) is 3. The van der Waals surface area contributed by atoms with E-state index in [1.165, 1.54) is 0 Å². The van der Waals surface area contributed by atoms with Gasteiger partial charge >= 0.3 is 5.97 Å². The maximum absolute atomic E-state index is 12.1. The third kappa shape index (κ3) is 3.71. The van der Waals surface area contributed by atoms with Gasteiger partial charge < -0.3 is 10.1 Å². The van der Waals surface area contributed by atoms with Gasteiger partial charge in [-0.3, -0.25) is 9.59 Å². The minimum absolute atomic E-state index is 0.0673. The summed E-state index contributed by atoms with van der Waals surface area (Å²) in [6.07, 6.45) is 1.16. The van der Waals surface area contributed by atoms with Gasteiger partial charge in [0.15, 0.2) is 5.75 Å². The highest BCUT2D eigenvalue weighted by Gasteiger charge is 2.26. The van der Waals surface area contributed by atoms with E-state index in [9.17, 15) is 9.59 Å². The van der Waals surface area contributed by atoms with Gasteiger partial charge in [-0.25, -0.2) is 0 Å². The third-order valence-corrected chi connectivity index (χ3v) is 4.75. The number of rotatable bonds is 4. The van der Waals surface area contributed by atoms with Crippen LogP contribution in [0.1, 0.15) is 18.4 Å². The summed E-state index contributed by atoms with van der Waals surface area (Å²) < 4.78 is 5.23. The van der Waals surface area contributed by atoms with E-state index >= 15 is 0 Å². The van der Waals surface area contributed by atoms with Crippen molar-refractivity contribution in [2.75, 3.05) is 5.32 Å². The predicted molar refractivity (Wildman–Crippen MR) is 93.6 cm³/mol. The quantitative estimate of drug-likeness (QED) is 0.642. The van der Waals surface area contributed by atoms with Crippen molar-refractivity contribution in [2.24, 2.45) is 5.92 Å². The van der Waals surface area contributed by atoms with Crippen LogP contribution in [0.4, 0.5) is 5.69 Å². The average molecular weight is 364 g/mol. The normalized spacial score (nSPS) is 16.2. The summed E-state index contributed by atoms with van der Waals surface area (Å²) in [5, 5.41) is 3.40. The van der Waals surface area contributed by atoms with E-state index in [2.05, 4.69) is 5.32 Å². The average Bonchev–Trinajstić information content (AvgIpc) is 2.57. The molecule has 24 heavy (non-hydrogen) atoms. The lowest BCUT2D eigenvalue weighted by molar-refractivity contribution is -0.134. The third-order valence-electron chi connectivity index (χ3n) is 3.95. The van der Waals surface area contributed by atoms with Crippen molar-refractivity contribution in [3.63, 3.8) is 0 Å². The smallest absolute Gasteiger partial charge is 0.311 e. The molecule has 2 aromatic rings. The number of ether oxygens (including phenoxy) is 1. The molecule has 0 saturated carbocycles. The van der Waals surface area contributed by atoms with Crippen molar-refractivity contribution >= 4 is 40.8 Å². The number of fused-ring (bicyclic) bond motifs is 1. The van der Waals surface area contributed by atoms with Gasteiger partial charge in [0.25, 0.3) is 0 Å². The molecule has 1 unspecified atom stereocenters. The Morgan fingerprint density at radius 3 is 2.79 bits per heavy atom. The van der Waals surface area contributed by atoms with Gasteiger partial charge in [0.05, 0.1) is 5.02 Å². The first kappa shape index (κ1) is 16.8. The maximum Gasteiger partial charge on any atom is 0.311 e. The van der Waals surface area contributed by atoms with E-state index < -0.39 is 5.97 Å². The summed E-state index contributed by atoms with van der Waals surface area (Å²) in [6.45, 7) is 0. The monoisotopic (exact) mass is 363 g/mol. The van der Waals surface area contributed by atoms with Crippen molar-refractivity contribution in [2.45, 2.75) is 19.3 Å². The molecule has 0 bridgehead atoms. The van der Waals surface area contributed by atoms with Gasteiger partial charge in [-0.2, -0.15) is 0 Å². The van der Waals surface area contributed by atoms with E-state index in [-0.39, 0.29) is 29.0 Å². The predicted octanol–water partition coefficient (Wildman–Crippen LogP) is 4.49. The Bertz CT molecular complexity index is 792. The van der Waals surface area contributed by atoms with Crippen LogP contribution >= 0.6 is 23.2 Å². The number of amides is 1. The van der Waals surface area contributed by atoms with E-state index in [0.29, 0.717) is 17.9 Å². The first-order valence-electron chi connectivity index (χ1n) is 7.58. The van der Waals surface area contributed by atoms with Crippen LogP contribution in [0, 0.1) is 5.92 Å². The topological polar surface area (TPSA) is 55.4 Å². The number of para-hydroxylation sites is 1. The van der Waals surface area contributed by atoms with Gasteiger partial charge in [0, 0.05) is 18.0 Å². The van der Waals surface area contributed by atoms with Crippen LogP contribution in [0.3, 0.4) is 0 Å². The highest BCUT2D eigenvalue weighted by atomic mass is 35.5. The summed E-state index contributed by atoms with van der Waals surface area (Å²) in [6, 6.07) is 12.5. The molecule has 3 rings (SSSR count). The Balaban J connectivity index is 1.59. The molecule has 0 aliphatic carbocycles. The second-order valence-corrected chi connectivity index (χ2v) is 6.40. The zero-order chi connectivity index (χ0) is 17.1. The molecule has 0 spiro atoms. The Labute approximate surface area is 149 Å². The van der Waals surface area contributed by atoms with Crippen molar-refractivity contribution in [1.29, 1.82) is 0 Å². The fourth-order valence-corrected chi connectivity index (χ4v) is 3.01. The van der Waals surface area contributed by atoms with Crippen molar-refractivity contribution in [1.82, 2.24) is 0 Å². The highest BCUT2D eigenvalue weighted by molar-refractivity contribution is 6.43. The fourth-order valence-electron chi connectivity index (χ4n) is 2.67. The molecule has 0 saturated heterocycles. The molecule has 1 aliphatic rings. The van der Waals surface area contributed by atoms with Crippen molar-refractivity contribution in [3.8, 4) is 5.75 Å². The SMILES string of the molecule is O=C(CCC1Cc2ccccc2NC1=O)Oc1cccc(Cl)c1Cl. The fraction of sp³-hybridized carbons (Fsp3) is 0.222. The largest absolute Gasteiger partial charge is 0.425 e. The van der Waals surface area contributed by atoms with Crippen LogP contribution < -0.4 is 10.1 Å². The number of carbonyl (C=O) groups is 2. The van der Waals surface area contributed by atoms with Crippen molar-refractivity contribution < 1.29 is 14.3 Å². The number of halogens is 2. The molecule has 0 aromatic heterocycles. The number of carbonyl (C=O) groups excluding carboxylic acids is 2. The molecule has 1 N–H and O–H groups in total. The maximum atomic E-state index is 12.1. The van der Waals surface area contributed by atoms with Gasteiger partial charge in [0.1, 0.15) is 5.02 Å². The zero-order valence-corrected chi connectivity index (χ0v) is 14.2. The molecule has 1 atom stereocenters. The minimum atomic E-state index is -0.439. The van der Waals surface area contributed by atoms with Crippen LogP contribution in [0.25, 0.3) is 0 Å². The summed E-state index contributed by atoms with van der Waals surface area (Å²) in [5.41, 5.74) is 1.92. The first-order valence-corrected chi connectivity index (χ1v) is 8.33. The second-order valence-electron chi connectivity index (χ2n) is 5.61. The number of nitrogens with one attached hydrogen (secondary N) is 1. The summed E-state index contributed by atoms with van der Waals surface area (Å²) >= 11 is 11.9. The van der Waals surface area contributed by atoms with Gasteiger partial charge in [-0.1, -0.05) is 47.5 Å². The number of hydrogen-bond donors (Lipinski definition) is 1. The lowest BCUT2D eigenvalue weighted by Crippen LogP contribution is -2.30. The van der Waals surface area contributed by atoms with E-state index in [4.69, 9.17) is 27.9 Å². The number of benzene rings is 2. The van der Waals surface area contributed by atoms with Gasteiger partial charge in [-0.05, 0) is 36.6 Å². The second kappa shape index (κ2) is 7.24. The molecular formula is C18H15Cl2NO3. The van der Waals surface area contributed by atoms with E-state index in [1.54, 1.807) is 18.2 Å². The van der Waals surface area contributed by atoms with Crippen LogP contribution in [0.2, 0.25) is 10.0 Å². The lowest BCUT2D eigenvalue weighted by Gasteiger charge is -2.24. The molecule has 1 aliphatic heterocycles. The van der Waals surface area contributed by atoms with Crippen LogP contribution in [0.15, 0.2) is 42.5 Å². The molecule has 6 heteroatoms. The lowest BCUT2D eigenvalue weighted by atomic mass is 9.90. The number of anilines is 1. The highest BCUT2D eigenvalue weighted by Crippen LogP contribution is 2.32. The molecule has 1 amide bonds. The van der Waals surface area contributed by atoms with Crippen LogP contribution in [0.5, 0.6) is 5.75 Å². The Hall–Kier alpha value is -2.04. The Kier molecular flexibility index (Phi) is 5.07. The Morgan fingerprint density at radius 1 is 1.17 bits per heavy atom. The summed E-state index contributed by atoms with van der Waals surface area (Å²) in [7, 11) is 0. The van der Waals surface area contributed by atoms with E-state index in [1.807, 2.05) is 24.3 Å². The van der Waals surface area contributed by atoms with Crippen molar-refractivity contribution in [3.05, 3.63) is 58.1 Å². The molecule has 2 aromatic carbocycles. The molecule has 1 heterocycles. The molecule has 124 valence electrons. The standard InChI is InChI=1S/C18H15Cl2NO3/c19-13-5-3-7-15(17(13)20)24-16(22)9-8-12-10-11-4-1-2-6-14(11)21-18(12)23/h1-7,12H,8-10H2,(H,21,23). The number of esters is 1. The molecule has 0 fully saturated rings. The summed E-state index contributed by atoms with van der Waals surface area (Å²) in [5.74, 6) is -0.525. The Morgan fingerprint density at radius 2 is 1.96 bits per heavy atom.